The van der Waals surface area contributed by atoms with E-state index in [2.05, 4.69) is 5.32 Å². The Balaban J connectivity index is 1.96. The molecular weight excluding hydrogens is 516 g/mol. The van der Waals surface area contributed by atoms with E-state index in [4.69, 9.17) is 0 Å². The first kappa shape index (κ1) is 27.2. The van der Waals surface area contributed by atoms with Gasteiger partial charge in [-0.05, 0) is 11.1 Å². The van der Waals surface area contributed by atoms with Gasteiger partial charge in [0.25, 0.3) is 11.6 Å². The van der Waals surface area contributed by atoms with Crippen LogP contribution in [0.1, 0.15) is 23.6 Å². The fraction of sp³-hybridized carbons (Fsp3) is 0.333. The minimum Gasteiger partial charge on any atom is -0.481 e. The van der Waals surface area contributed by atoms with Gasteiger partial charge in [0.15, 0.2) is 6.17 Å². The maximum Gasteiger partial charge on any atom is 0.305 e. The first-order valence-corrected chi connectivity index (χ1v) is 14.0. The number of nitrogens with one attached hydrogen (secondary N) is 1. The van der Waals surface area contributed by atoms with E-state index in [9.17, 15) is 41.6 Å². The molecule has 3 rings (SSSR count). The van der Waals surface area contributed by atoms with Gasteiger partial charge in [0, 0.05) is 25.2 Å². The molecule has 1 amide bonds. The Morgan fingerprint density at radius 1 is 1.08 bits per heavy atom. The smallest absolute Gasteiger partial charge is 0.305 e. The summed E-state index contributed by atoms with van der Waals surface area (Å²) < 4.78 is 52.7. The number of carbonyl (C=O) groups is 2. The van der Waals surface area contributed by atoms with Gasteiger partial charge in [0.1, 0.15) is 0 Å². The fourth-order valence-corrected chi connectivity index (χ4v) is 6.58. The molecule has 15 heteroatoms. The van der Waals surface area contributed by atoms with Crippen molar-refractivity contribution < 1.29 is 36.5 Å². The summed E-state index contributed by atoms with van der Waals surface area (Å²) in [4.78, 5) is 35.3. The number of carboxylic acid groups (broad SMARTS) is 1. The number of amides is 1. The highest BCUT2D eigenvalue weighted by atomic mass is 32.2. The summed E-state index contributed by atoms with van der Waals surface area (Å²) in [5, 5.41) is 22.9. The van der Waals surface area contributed by atoms with Crippen molar-refractivity contribution in [3.05, 3.63) is 75.8 Å². The van der Waals surface area contributed by atoms with E-state index in [1.165, 1.54) is 18.2 Å². The molecule has 2 aromatic rings. The third-order valence-electron chi connectivity index (χ3n) is 5.47. The van der Waals surface area contributed by atoms with Gasteiger partial charge in [-0.1, -0.05) is 42.5 Å². The number of carboxylic acids is 1. The molecule has 13 nitrogen and oxygen atoms in total. The molecule has 194 valence electrons. The van der Waals surface area contributed by atoms with E-state index >= 15 is 0 Å². The summed E-state index contributed by atoms with van der Waals surface area (Å²) >= 11 is 0. The Kier molecular flexibility index (Phi) is 8.08. The van der Waals surface area contributed by atoms with Crippen molar-refractivity contribution in [1.82, 2.24) is 13.9 Å². The van der Waals surface area contributed by atoms with Crippen molar-refractivity contribution in [2.24, 2.45) is 0 Å². The lowest BCUT2D eigenvalue weighted by Gasteiger charge is -2.29. The third kappa shape index (κ3) is 6.42. The largest absolute Gasteiger partial charge is 0.481 e. The number of nitro benzene ring substituents is 1. The number of hydrogen-bond donors (Lipinski definition) is 2. The molecule has 2 atom stereocenters. The molecule has 0 bridgehead atoms. The second-order valence-electron chi connectivity index (χ2n) is 8.11. The third-order valence-corrected chi connectivity index (χ3v) is 8.50. The molecule has 1 fully saturated rings. The average molecular weight is 541 g/mol. The van der Waals surface area contributed by atoms with Gasteiger partial charge >= 0.3 is 5.97 Å². The number of carbonyl (C=O) groups excluding carboxylic acids is 1. The number of nitro groups is 1. The van der Waals surface area contributed by atoms with Crippen molar-refractivity contribution >= 4 is 37.6 Å². The predicted octanol–water partition coefficient (Wildman–Crippen LogP) is 0.660. The molecule has 1 aliphatic rings. The quantitative estimate of drug-likeness (QED) is 0.323. The second-order valence-corrected chi connectivity index (χ2v) is 12.0. The molecule has 0 radical (unpaired) electrons. The van der Waals surface area contributed by atoms with Crippen LogP contribution in [0.2, 0.25) is 0 Å². The topological polar surface area (TPSA) is 184 Å². The van der Waals surface area contributed by atoms with Gasteiger partial charge in [-0.15, -0.1) is 0 Å². The Bertz CT molecular complexity index is 1360. The lowest BCUT2D eigenvalue weighted by Crippen LogP contribution is -2.54. The summed E-state index contributed by atoms with van der Waals surface area (Å²) in [6, 6.07) is 11.8. The number of hydrogen-bond acceptors (Lipinski definition) is 8. The number of non-ortho nitro benzene ring substituents is 1. The number of benzene rings is 2. The number of sulfonamides is 2. The first-order valence-electron chi connectivity index (χ1n) is 10.6. The predicted molar refractivity (Wildman–Crippen MR) is 127 cm³/mol. The van der Waals surface area contributed by atoms with Crippen LogP contribution in [0.5, 0.6) is 0 Å². The molecule has 2 N–H and O–H groups in total. The van der Waals surface area contributed by atoms with Crippen LogP contribution in [0.15, 0.2) is 54.6 Å². The lowest BCUT2D eigenvalue weighted by atomic mass is 10.0. The summed E-state index contributed by atoms with van der Waals surface area (Å²) in [7, 11) is -8.22. The van der Waals surface area contributed by atoms with E-state index in [-0.39, 0.29) is 24.3 Å². The maximum atomic E-state index is 13.3. The van der Waals surface area contributed by atoms with Gasteiger partial charge in [0.05, 0.1) is 29.4 Å². The molecule has 1 aliphatic heterocycles. The van der Waals surface area contributed by atoms with Crippen LogP contribution >= 0.6 is 0 Å². The molecule has 1 heterocycles. The Morgan fingerprint density at radius 3 is 2.31 bits per heavy atom. The monoisotopic (exact) mass is 540 g/mol. The van der Waals surface area contributed by atoms with Crippen molar-refractivity contribution in [2.45, 2.75) is 24.4 Å². The fourth-order valence-electron chi connectivity index (χ4n) is 3.88. The zero-order chi connectivity index (χ0) is 26.7. The number of aliphatic carboxylic acids is 1. The Morgan fingerprint density at radius 2 is 1.72 bits per heavy atom. The zero-order valence-electron chi connectivity index (χ0n) is 19.1. The van der Waals surface area contributed by atoms with Gasteiger partial charge < -0.3 is 10.4 Å². The Hall–Kier alpha value is -3.40. The van der Waals surface area contributed by atoms with Crippen LogP contribution in [-0.4, -0.2) is 72.9 Å². The van der Waals surface area contributed by atoms with Crippen molar-refractivity contribution in [1.29, 1.82) is 0 Å². The van der Waals surface area contributed by atoms with Gasteiger partial charge in [0.2, 0.25) is 20.0 Å². The first-order chi connectivity index (χ1) is 16.8. The van der Waals surface area contributed by atoms with E-state index in [0.717, 1.165) is 20.9 Å². The van der Waals surface area contributed by atoms with Crippen molar-refractivity contribution in [3.63, 3.8) is 0 Å². The van der Waals surface area contributed by atoms with Crippen LogP contribution in [0.4, 0.5) is 5.69 Å². The lowest BCUT2D eigenvalue weighted by molar-refractivity contribution is -0.384. The maximum absolute atomic E-state index is 13.3. The van der Waals surface area contributed by atoms with Gasteiger partial charge in [-0.3, -0.25) is 19.7 Å². The summed E-state index contributed by atoms with van der Waals surface area (Å²) in [5.74, 6) is -2.90. The van der Waals surface area contributed by atoms with E-state index < -0.39 is 61.2 Å². The molecular formula is C21H24N4O9S2. The molecule has 2 aromatic carbocycles. The van der Waals surface area contributed by atoms with E-state index in [1.807, 2.05) is 0 Å². The number of rotatable bonds is 10. The van der Waals surface area contributed by atoms with Gasteiger partial charge in [-0.2, -0.15) is 8.61 Å². The molecule has 2 unspecified atom stereocenters. The minimum atomic E-state index is -4.18. The zero-order valence-corrected chi connectivity index (χ0v) is 20.7. The highest BCUT2D eigenvalue weighted by Gasteiger charge is 2.48. The van der Waals surface area contributed by atoms with Crippen LogP contribution in [0, 0.1) is 10.1 Å². The summed E-state index contributed by atoms with van der Waals surface area (Å²) in [6.07, 6.45) is -1.66. The molecule has 0 saturated carbocycles. The van der Waals surface area contributed by atoms with E-state index in [1.54, 1.807) is 30.3 Å². The molecule has 0 aliphatic carbocycles. The van der Waals surface area contributed by atoms with Crippen LogP contribution in [0.25, 0.3) is 0 Å². The Labute approximate surface area is 207 Å². The second kappa shape index (κ2) is 10.7. The molecule has 0 spiro atoms. The minimum absolute atomic E-state index is 0.0857. The molecule has 1 saturated heterocycles. The van der Waals surface area contributed by atoms with Crippen molar-refractivity contribution in [2.75, 3.05) is 19.3 Å². The highest BCUT2D eigenvalue weighted by molar-refractivity contribution is 7.89. The van der Waals surface area contributed by atoms with Crippen LogP contribution in [0.3, 0.4) is 0 Å². The van der Waals surface area contributed by atoms with Crippen LogP contribution in [-0.2, 0) is 35.4 Å². The van der Waals surface area contributed by atoms with Gasteiger partial charge in [-0.25, -0.2) is 16.8 Å². The highest BCUT2D eigenvalue weighted by Crippen LogP contribution is 2.27. The molecule has 0 aromatic heterocycles. The molecule has 36 heavy (non-hydrogen) atoms. The van der Waals surface area contributed by atoms with E-state index in [0.29, 0.717) is 5.56 Å². The standard InChI is InChI=1S/C21H24N4O9S2/c1-35(31,32)23-10-11-24(36(33,34)14-15-6-3-2-4-7-15)21(23)20(28)22-18(13-19(26)27)16-8-5-9-17(12-16)25(29)30/h2-9,12,18,21H,10-11,13-14H2,1H3,(H,22,28)(H,26,27). The average Bonchev–Trinajstić information content (AvgIpc) is 3.26. The SMILES string of the molecule is CS(=O)(=O)N1CCN(S(=O)(=O)Cc2ccccc2)C1C(=O)NC(CC(=O)O)c1cccc([N+](=O)[O-])c1. The number of nitrogens with zero attached hydrogens (tertiary/aromatic N) is 3. The normalized spacial score (nSPS) is 18.0. The van der Waals surface area contributed by atoms with Crippen molar-refractivity contribution in [3.8, 4) is 0 Å². The van der Waals surface area contributed by atoms with Crippen LogP contribution < -0.4 is 5.32 Å². The summed E-state index contributed by atoms with van der Waals surface area (Å²) in [5.41, 5.74) is 0.167. The summed E-state index contributed by atoms with van der Waals surface area (Å²) in [6.45, 7) is -0.577.